The molecule has 0 spiro atoms. The van der Waals surface area contributed by atoms with Crippen molar-refractivity contribution in [2.45, 2.75) is 58.5 Å². The van der Waals surface area contributed by atoms with Crippen LogP contribution in [-0.2, 0) is 21.3 Å². The topological polar surface area (TPSA) is 126 Å². The second-order valence-corrected chi connectivity index (χ2v) is 9.13. The molecule has 3 N–H and O–H groups in total. The van der Waals surface area contributed by atoms with Crippen LogP contribution >= 0.6 is 0 Å². The van der Waals surface area contributed by atoms with Gasteiger partial charge in [-0.15, -0.1) is 0 Å². The first-order chi connectivity index (χ1) is 13.4. The number of esters is 1. The maximum atomic E-state index is 12.9. The number of anilines is 1. The third-order valence-electron chi connectivity index (χ3n) is 3.80. The molecule has 2 aromatic rings. The first-order valence-electron chi connectivity index (χ1n) is 9.25. The number of ether oxygens (including phenoxy) is 2. The molecule has 160 valence electrons. The Morgan fingerprint density at radius 2 is 1.93 bits per heavy atom. The number of benzene rings is 1. The van der Waals surface area contributed by atoms with E-state index in [4.69, 9.17) is 15.2 Å². The monoisotopic (exact) mass is 424 g/mol. The lowest BCUT2D eigenvalue weighted by Crippen LogP contribution is -2.40. The van der Waals surface area contributed by atoms with Crippen molar-refractivity contribution in [2.75, 3.05) is 12.3 Å². The van der Waals surface area contributed by atoms with Crippen LogP contribution in [0.25, 0.3) is 0 Å². The van der Waals surface area contributed by atoms with Crippen LogP contribution in [-0.4, -0.2) is 36.3 Å². The van der Waals surface area contributed by atoms with E-state index in [1.807, 2.05) is 6.92 Å². The van der Waals surface area contributed by atoms with E-state index in [1.54, 1.807) is 40.7 Å². The van der Waals surface area contributed by atoms with Crippen molar-refractivity contribution < 1.29 is 22.7 Å². The zero-order valence-corrected chi connectivity index (χ0v) is 18.4. The summed E-state index contributed by atoms with van der Waals surface area (Å²) >= 11 is 0. The summed E-state index contributed by atoms with van der Waals surface area (Å²) in [6.07, 6.45) is 0. The minimum absolute atomic E-state index is 0.0732. The van der Waals surface area contributed by atoms with Crippen molar-refractivity contribution in [3.8, 4) is 11.6 Å². The third kappa shape index (κ3) is 5.27. The molecule has 0 fully saturated rings. The summed E-state index contributed by atoms with van der Waals surface area (Å²) in [4.78, 5) is 12.0. The lowest BCUT2D eigenvalue weighted by Gasteiger charge is -2.22. The molecular weight excluding hydrogens is 396 g/mol. The molecule has 1 heterocycles. The Hall–Kier alpha value is -2.59. The summed E-state index contributed by atoms with van der Waals surface area (Å²) in [6, 6.07) is 4.35. The largest absolute Gasteiger partial charge is 0.461 e. The van der Waals surface area contributed by atoms with Gasteiger partial charge in [-0.25, -0.2) is 22.6 Å². The number of aryl methyl sites for hydroxylation is 1. The van der Waals surface area contributed by atoms with Crippen LogP contribution in [0.1, 0.15) is 50.7 Å². The molecular formula is C19H28N4O5S. The highest BCUT2D eigenvalue weighted by molar-refractivity contribution is 7.89. The van der Waals surface area contributed by atoms with E-state index >= 15 is 0 Å². The van der Waals surface area contributed by atoms with Crippen molar-refractivity contribution >= 4 is 21.7 Å². The standard InChI is InChI=1S/C19H28N4O5S/c1-7-23-17(12(3)16(21-23)18(24)27-8-2)28-14-10-9-13(20)11-15(14)29(25,26)22-19(4,5)6/h9-11,22H,7-8,20H2,1-6H3. The number of carbonyl (C=O) groups is 1. The molecule has 0 bridgehead atoms. The van der Waals surface area contributed by atoms with Crippen molar-refractivity contribution in [3.05, 3.63) is 29.5 Å². The fourth-order valence-corrected chi connectivity index (χ4v) is 4.24. The van der Waals surface area contributed by atoms with E-state index in [9.17, 15) is 13.2 Å². The summed E-state index contributed by atoms with van der Waals surface area (Å²) < 4.78 is 40.9. The number of carbonyl (C=O) groups excluding carboxylic acids is 1. The maximum Gasteiger partial charge on any atom is 0.359 e. The van der Waals surface area contributed by atoms with Crippen LogP contribution < -0.4 is 15.2 Å². The number of aromatic nitrogens is 2. The lowest BCUT2D eigenvalue weighted by molar-refractivity contribution is 0.0517. The van der Waals surface area contributed by atoms with Gasteiger partial charge >= 0.3 is 5.97 Å². The van der Waals surface area contributed by atoms with Gasteiger partial charge in [0.05, 0.1) is 6.61 Å². The summed E-state index contributed by atoms with van der Waals surface area (Å²) in [5.74, 6) is -0.238. The van der Waals surface area contributed by atoms with Gasteiger partial charge in [-0.1, -0.05) is 0 Å². The van der Waals surface area contributed by atoms with Crippen LogP contribution in [0.5, 0.6) is 11.6 Å². The molecule has 1 aromatic carbocycles. The molecule has 0 aliphatic rings. The summed E-state index contributed by atoms with van der Waals surface area (Å²) in [5.41, 5.74) is 5.97. The average Bonchev–Trinajstić information content (AvgIpc) is 2.90. The van der Waals surface area contributed by atoms with Crippen LogP contribution in [0.3, 0.4) is 0 Å². The van der Waals surface area contributed by atoms with Crippen molar-refractivity contribution in [1.29, 1.82) is 0 Å². The molecule has 0 radical (unpaired) electrons. The van der Waals surface area contributed by atoms with Crippen LogP contribution in [0.2, 0.25) is 0 Å². The number of sulfonamides is 1. The zero-order valence-electron chi connectivity index (χ0n) is 17.6. The first kappa shape index (κ1) is 22.7. The minimum Gasteiger partial charge on any atom is -0.461 e. The molecule has 0 amide bonds. The molecule has 0 saturated heterocycles. The van der Waals surface area contributed by atoms with Gasteiger partial charge in [-0.3, -0.25) is 0 Å². The normalized spacial score (nSPS) is 12.1. The van der Waals surface area contributed by atoms with E-state index in [0.717, 1.165) is 0 Å². The fraction of sp³-hybridized carbons (Fsp3) is 0.474. The SMILES string of the molecule is CCOC(=O)c1nn(CC)c(Oc2ccc(N)cc2S(=O)(=O)NC(C)(C)C)c1C. The predicted molar refractivity (Wildman–Crippen MR) is 110 cm³/mol. The Morgan fingerprint density at radius 3 is 2.48 bits per heavy atom. The second kappa shape index (κ2) is 8.42. The highest BCUT2D eigenvalue weighted by Gasteiger charge is 2.28. The number of nitrogens with zero attached hydrogens (tertiary/aromatic N) is 2. The van der Waals surface area contributed by atoms with Crippen LogP contribution in [0.15, 0.2) is 23.1 Å². The second-order valence-electron chi connectivity index (χ2n) is 7.48. The van der Waals surface area contributed by atoms with E-state index in [1.165, 1.54) is 16.8 Å². The predicted octanol–water partition coefficient (Wildman–Crippen LogP) is 2.84. The molecule has 0 unspecified atom stereocenters. The van der Waals surface area contributed by atoms with Crippen molar-refractivity contribution in [1.82, 2.24) is 14.5 Å². The van der Waals surface area contributed by atoms with Gasteiger partial charge in [0.15, 0.2) is 5.69 Å². The molecule has 0 saturated carbocycles. The zero-order chi connectivity index (χ0) is 22.0. The van der Waals surface area contributed by atoms with Gasteiger partial charge in [0, 0.05) is 23.3 Å². The first-order valence-corrected chi connectivity index (χ1v) is 10.7. The smallest absolute Gasteiger partial charge is 0.359 e. The average molecular weight is 425 g/mol. The van der Waals surface area contributed by atoms with Crippen LogP contribution in [0, 0.1) is 6.92 Å². The van der Waals surface area contributed by atoms with E-state index in [0.29, 0.717) is 12.1 Å². The number of nitrogen functional groups attached to an aromatic ring is 1. The molecule has 10 heteroatoms. The van der Waals surface area contributed by atoms with Gasteiger partial charge in [0.1, 0.15) is 10.6 Å². The van der Waals surface area contributed by atoms with Crippen molar-refractivity contribution in [3.63, 3.8) is 0 Å². The number of hydrogen-bond acceptors (Lipinski definition) is 7. The molecule has 0 atom stereocenters. The quantitative estimate of drug-likeness (QED) is 0.517. The Balaban J connectivity index is 2.55. The lowest BCUT2D eigenvalue weighted by atomic mass is 10.1. The fourth-order valence-electron chi connectivity index (χ4n) is 2.65. The van der Waals surface area contributed by atoms with Crippen molar-refractivity contribution in [2.24, 2.45) is 0 Å². The van der Waals surface area contributed by atoms with E-state index in [2.05, 4.69) is 9.82 Å². The Bertz CT molecular complexity index is 1010. The summed E-state index contributed by atoms with van der Waals surface area (Å²) in [6.45, 7) is 11.0. The summed E-state index contributed by atoms with van der Waals surface area (Å²) in [7, 11) is -3.92. The molecule has 29 heavy (non-hydrogen) atoms. The molecule has 2 rings (SSSR count). The number of nitrogens with one attached hydrogen (secondary N) is 1. The Morgan fingerprint density at radius 1 is 1.28 bits per heavy atom. The van der Waals surface area contributed by atoms with Gasteiger partial charge in [-0.05, 0) is 59.7 Å². The molecule has 9 nitrogen and oxygen atoms in total. The van der Waals surface area contributed by atoms with Gasteiger partial charge in [0.2, 0.25) is 15.9 Å². The highest BCUT2D eigenvalue weighted by Crippen LogP contribution is 2.34. The molecule has 0 aliphatic heterocycles. The molecule has 0 aliphatic carbocycles. The number of rotatable bonds is 7. The van der Waals surface area contributed by atoms with Gasteiger partial charge in [0.25, 0.3) is 0 Å². The Kier molecular flexibility index (Phi) is 6.59. The van der Waals surface area contributed by atoms with Gasteiger partial charge in [-0.2, -0.15) is 5.10 Å². The highest BCUT2D eigenvalue weighted by atomic mass is 32.2. The van der Waals surface area contributed by atoms with Gasteiger partial charge < -0.3 is 15.2 Å². The van der Waals surface area contributed by atoms with Crippen LogP contribution in [0.4, 0.5) is 5.69 Å². The van der Waals surface area contributed by atoms with E-state index < -0.39 is 21.5 Å². The minimum atomic E-state index is -3.92. The number of nitrogens with two attached hydrogens (primary N) is 1. The number of hydrogen-bond donors (Lipinski definition) is 2. The maximum absolute atomic E-state index is 12.9. The third-order valence-corrected chi connectivity index (χ3v) is 5.58. The molecule has 1 aromatic heterocycles. The Labute approximate surface area is 171 Å². The summed E-state index contributed by atoms with van der Waals surface area (Å²) in [5, 5.41) is 4.24. The van der Waals surface area contributed by atoms with E-state index in [-0.39, 0.29) is 34.5 Å².